The van der Waals surface area contributed by atoms with E-state index in [2.05, 4.69) is 61.0 Å². The van der Waals surface area contributed by atoms with Gasteiger partial charge in [-0.05, 0) is 55.2 Å². The molecule has 0 radical (unpaired) electrons. The summed E-state index contributed by atoms with van der Waals surface area (Å²) in [6.07, 6.45) is 0. The Hall–Kier alpha value is -1.28. The number of alkyl halides is 1. The van der Waals surface area contributed by atoms with Crippen LogP contribution in [0.5, 0.6) is 11.5 Å². The van der Waals surface area contributed by atoms with Gasteiger partial charge in [0.15, 0.2) is 0 Å². The maximum Gasteiger partial charge on any atom is 0.133 e. The molecule has 0 saturated carbocycles. The first-order valence-electron chi connectivity index (χ1n) is 6.01. The first kappa shape index (κ1) is 13.2. The lowest BCUT2D eigenvalue weighted by Gasteiger charge is -2.13. The molecule has 2 aromatic rings. The van der Waals surface area contributed by atoms with Gasteiger partial charge in [0.25, 0.3) is 0 Å². The summed E-state index contributed by atoms with van der Waals surface area (Å²) in [4.78, 5) is 0. The van der Waals surface area contributed by atoms with Gasteiger partial charge in [-0.2, -0.15) is 0 Å². The summed E-state index contributed by atoms with van der Waals surface area (Å²) in [5, 5.41) is 0.871. The van der Waals surface area contributed by atoms with Crippen LogP contribution in [0.3, 0.4) is 0 Å². The Morgan fingerprint density at radius 2 is 1.50 bits per heavy atom. The third-order valence-electron chi connectivity index (χ3n) is 3.17. The second kappa shape index (κ2) is 5.57. The van der Waals surface area contributed by atoms with E-state index in [9.17, 15) is 0 Å². The fourth-order valence-electron chi connectivity index (χ4n) is 1.85. The first-order valence-corrected chi connectivity index (χ1v) is 7.13. The Morgan fingerprint density at radius 1 is 0.889 bits per heavy atom. The molecule has 0 unspecified atom stereocenters. The quantitative estimate of drug-likeness (QED) is 0.699. The van der Waals surface area contributed by atoms with Crippen molar-refractivity contribution in [3.05, 3.63) is 58.7 Å². The van der Waals surface area contributed by atoms with Gasteiger partial charge in [-0.25, -0.2) is 0 Å². The van der Waals surface area contributed by atoms with Crippen molar-refractivity contribution in [3.8, 4) is 11.5 Å². The van der Waals surface area contributed by atoms with Crippen molar-refractivity contribution in [2.24, 2.45) is 0 Å². The minimum absolute atomic E-state index is 0.871. The van der Waals surface area contributed by atoms with Crippen molar-refractivity contribution in [2.75, 3.05) is 0 Å². The molecule has 0 bridgehead atoms. The van der Waals surface area contributed by atoms with Gasteiger partial charge in [-0.3, -0.25) is 0 Å². The lowest BCUT2D eigenvalue weighted by molar-refractivity contribution is 0.474. The third kappa shape index (κ3) is 2.75. The zero-order chi connectivity index (χ0) is 13.1. The molecule has 0 aliphatic carbocycles. The van der Waals surface area contributed by atoms with Gasteiger partial charge < -0.3 is 4.74 Å². The smallest absolute Gasteiger partial charge is 0.133 e. The number of aryl methyl sites for hydroxylation is 2. The van der Waals surface area contributed by atoms with E-state index in [1.165, 1.54) is 22.3 Å². The minimum atomic E-state index is 0.871. The molecule has 0 fully saturated rings. The number of rotatable bonds is 3. The second-order valence-electron chi connectivity index (χ2n) is 4.53. The standard InChI is InChI=1S/C16H17BrO/c1-11-4-5-12(2)16(13(11)3)18-15-8-6-14(10-17)7-9-15/h4-9H,10H2,1-3H3. The fraction of sp³-hybridized carbons (Fsp3) is 0.250. The highest BCUT2D eigenvalue weighted by molar-refractivity contribution is 9.08. The Labute approximate surface area is 117 Å². The normalized spacial score (nSPS) is 10.4. The molecule has 1 nitrogen and oxygen atoms in total. The summed E-state index contributed by atoms with van der Waals surface area (Å²) >= 11 is 3.44. The van der Waals surface area contributed by atoms with Crippen LogP contribution in [0.25, 0.3) is 0 Å². The number of hydrogen-bond donors (Lipinski definition) is 0. The molecule has 94 valence electrons. The van der Waals surface area contributed by atoms with Crippen LogP contribution in [0, 0.1) is 20.8 Å². The Bertz CT molecular complexity index is 544. The zero-order valence-corrected chi connectivity index (χ0v) is 12.5. The summed E-state index contributed by atoms with van der Waals surface area (Å²) in [5.74, 6) is 1.86. The highest BCUT2D eigenvalue weighted by Gasteiger charge is 2.07. The van der Waals surface area contributed by atoms with E-state index in [-0.39, 0.29) is 0 Å². The molecule has 2 heteroatoms. The van der Waals surface area contributed by atoms with E-state index in [0.29, 0.717) is 0 Å². The Kier molecular flexibility index (Phi) is 4.07. The van der Waals surface area contributed by atoms with E-state index < -0.39 is 0 Å². The van der Waals surface area contributed by atoms with Crippen molar-refractivity contribution in [3.63, 3.8) is 0 Å². The number of halogens is 1. The summed E-state index contributed by atoms with van der Waals surface area (Å²) in [6, 6.07) is 12.4. The van der Waals surface area contributed by atoms with Crippen LogP contribution in [0.1, 0.15) is 22.3 Å². The van der Waals surface area contributed by atoms with Gasteiger partial charge in [0.1, 0.15) is 11.5 Å². The van der Waals surface area contributed by atoms with Gasteiger partial charge in [0.2, 0.25) is 0 Å². The number of benzene rings is 2. The molecule has 0 saturated heterocycles. The van der Waals surface area contributed by atoms with E-state index in [1.54, 1.807) is 0 Å². The van der Waals surface area contributed by atoms with Crippen molar-refractivity contribution >= 4 is 15.9 Å². The van der Waals surface area contributed by atoms with Gasteiger partial charge in [-0.15, -0.1) is 0 Å². The monoisotopic (exact) mass is 304 g/mol. The van der Waals surface area contributed by atoms with E-state index >= 15 is 0 Å². The van der Waals surface area contributed by atoms with Gasteiger partial charge in [0.05, 0.1) is 0 Å². The molecule has 2 aromatic carbocycles. The summed E-state index contributed by atoms with van der Waals surface area (Å²) in [7, 11) is 0. The molecule has 2 rings (SSSR count). The first-order chi connectivity index (χ1) is 8.61. The lowest BCUT2D eigenvalue weighted by Crippen LogP contribution is -1.93. The lowest BCUT2D eigenvalue weighted by atomic mass is 10.1. The van der Waals surface area contributed by atoms with Crippen LogP contribution in [-0.4, -0.2) is 0 Å². The highest BCUT2D eigenvalue weighted by Crippen LogP contribution is 2.30. The summed E-state index contributed by atoms with van der Waals surface area (Å²) < 4.78 is 6.00. The molecule has 0 aliphatic rings. The maximum atomic E-state index is 6.00. The predicted molar refractivity (Wildman–Crippen MR) is 79.8 cm³/mol. The average molecular weight is 305 g/mol. The SMILES string of the molecule is Cc1ccc(C)c(Oc2ccc(CBr)cc2)c1C. The van der Waals surface area contributed by atoms with Gasteiger partial charge >= 0.3 is 0 Å². The van der Waals surface area contributed by atoms with Crippen molar-refractivity contribution in [2.45, 2.75) is 26.1 Å². The molecule has 0 amide bonds. The van der Waals surface area contributed by atoms with Crippen LogP contribution in [0.4, 0.5) is 0 Å². The third-order valence-corrected chi connectivity index (χ3v) is 3.82. The van der Waals surface area contributed by atoms with E-state index in [1.807, 2.05) is 12.1 Å². The zero-order valence-electron chi connectivity index (χ0n) is 11.0. The molecule has 0 spiro atoms. The predicted octanol–water partition coefficient (Wildman–Crippen LogP) is 5.30. The topological polar surface area (TPSA) is 9.23 Å². The number of hydrogen-bond acceptors (Lipinski definition) is 1. The molecular formula is C16H17BrO. The average Bonchev–Trinajstić information content (AvgIpc) is 2.40. The van der Waals surface area contributed by atoms with Crippen molar-refractivity contribution < 1.29 is 4.74 Å². The van der Waals surface area contributed by atoms with Crippen LogP contribution >= 0.6 is 15.9 Å². The summed E-state index contributed by atoms with van der Waals surface area (Å²) in [5.41, 5.74) is 4.88. The van der Waals surface area contributed by atoms with Crippen LogP contribution in [-0.2, 0) is 5.33 Å². The maximum absolute atomic E-state index is 6.00. The molecule has 0 aromatic heterocycles. The molecule has 0 aliphatic heterocycles. The largest absolute Gasteiger partial charge is 0.457 e. The number of ether oxygens (including phenoxy) is 1. The molecule has 0 atom stereocenters. The molecule has 0 heterocycles. The van der Waals surface area contributed by atoms with E-state index in [0.717, 1.165) is 16.8 Å². The van der Waals surface area contributed by atoms with E-state index in [4.69, 9.17) is 4.74 Å². The second-order valence-corrected chi connectivity index (χ2v) is 5.09. The molecule has 18 heavy (non-hydrogen) atoms. The van der Waals surface area contributed by atoms with Crippen LogP contribution in [0.15, 0.2) is 36.4 Å². The van der Waals surface area contributed by atoms with Crippen molar-refractivity contribution in [1.29, 1.82) is 0 Å². The van der Waals surface area contributed by atoms with Gasteiger partial charge in [0, 0.05) is 5.33 Å². The minimum Gasteiger partial charge on any atom is -0.457 e. The Balaban J connectivity index is 2.30. The van der Waals surface area contributed by atoms with Gasteiger partial charge in [-0.1, -0.05) is 40.2 Å². The highest BCUT2D eigenvalue weighted by atomic mass is 79.9. The molecular weight excluding hydrogens is 288 g/mol. The summed E-state index contributed by atoms with van der Waals surface area (Å²) in [6.45, 7) is 6.29. The van der Waals surface area contributed by atoms with Crippen LogP contribution in [0.2, 0.25) is 0 Å². The van der Waals surface area contributed by atoms with Crippen LogP contribution < -0.4 is 4.74 Å². The molecule has 0 N–H and O–H groups in total. The fourth-order valence-corrected chi connectivity index (χ4v) is 2.22. The Morgan fingerprint density at radius 3 is 2.11 bits per heavy atom. The van der Waals surface area contributed by atoms with Crippen molar-refractivity contribution in [1.82, 2.24) is 0 Å².